The molecule has 30 heavy (non-hydrogen) atoms. The molecule has 0 saturated carbocycles. The largest absolute Gasteiger partial charge is 0.456 e. The van der Waals surface area contributed by atoms with Crippen molar-refractivity contribution in [3.05, 3.63) is 70.2 Å². The maximum absolute atomic E-state index is 12.3. The number of aromatic nitrogens is 2. The number of Topliss-reactive ketones (excluding diaryl/α,β-unsaturated/α-hetero) is 1. The fourth-order valence-electron chi connectivity index (χ4n) is 3.06. The highest BCUT2D eigenvalue weighted by atomic mass is 16.5. The molecule has 1 aromatic heterocycles. The van der Waals surface area contributed by atoms with E-state index in [0.717, 1.165) is 10.2 Å². The zero-order valence-electron chi connectivity index (χ0n) is 15.8. The maximum atomic E-state index is 12.3. The molecule has 0 fully saturated rings. The molecular weight excluding hydrogens is 390 g/mol. The number of carbonyl (C=O) groups excluding carboxylic acids is 3. The van der Waals surface area contributed by atoms with Crippen LogP contribution in [0.5, 0.6) is 0 Å². The van der Waals surface area contributed by atoms with Gasteiger partial charge in [-0.25, -0.2) is 4.79 Å². The third kappa shape index (κ3) is 4.19. The van der Waals surface area contributed by atoms with Gasteiger partial charge >= 0.3 is 11.7 Å². The van der Waals surface area contributed by atoms with Crippen molar-refractivity contribution in [2.24, 2.45) is 0 Å². The highest BCUT2D eigenvalue weighted by molar-refractivity contribution is 6.00. The predicted molar refractivity (Wildman–Crippen MR) is 105 cm³/mol. The summed E-state index contributed by atoms with van der Waals surface area (Å²) < 4.78 is 10.9. The second kappa shape index (κ2) is 8.16. The Labute approximate surface area is 170 Å². The van der Waals surface area contributed by atoms with Crippen LogP contribution >= 0.6 is 0 Å². The molecule has 1 aliphatic rings. The molecule has 0 saturated heterocycles. The van der Waals surface area contributed by atoms with E-state index in [1.54, 1.807) is 42.5 Å². The molecule has 4 rings (SSSR count). The lowest BCUT2D eigenvalue weighted by Gasteiger charge is -2.17. The Hall–Kier alpha value is -4.01. The van der Waals surface area contributed by atoms with Gasteiger partial charge in [-0.05, 0) is 42.3 Å². The van der Waals surface area contributed by atoms with E-state index in [4.69, 9.17) is 9.15 Å². The highest BCUT2D eigenvalue weighted by Gasteiger charge is 2.18. The molecule has 0 radical (unpaired) electrons. The van der Waals surface area contributed by atoms with Crippen molar-refractivity contribution in [2.45, 2.75) is 19.4 Å². The van der Waals surface area contributed by atoms with Crippen molar-refractivity contribution in [1.29, 1.82) is 0 Å². The summed E-state index contributed by atoms with van der Waals surface area (Å²) in [6, 6.07) is 13.7. The zero-order valence-corrected chi connectivity index (χ0v) is 15.8. The average Bonchev–Trinajstić information content (AvgIpc) is 3.12. The quantitative estimate of drug-likeness (QED) is 0.489. The minimum Gasteiger partial charge on any atom is -0.456 e. The first-order chi connectivity index (χ1) is 14.5. The molecule has 0 aliphatic carbocycles. The van der Waals surface area contributed by atoms with Gasteiger partial charge in [0, 0.05) is 23.2 Å². The molecule has 9 nitrogen and oxygen atoms in total. The summed E-state index contributed by atoms with van der Waals surface area (Å²) in [7, 11) is 0. The lowest BCUT2D eigenvalue weighted by Crippen LogP contribution is -2.25. The number of amides is 1. The van der Waals surface area contributed by atoms with Crippen LogP contribution in [0, 0.1) is 0 Å². The summed E-state index contributed by atoms with van der Waals surface area (Å²) in [5, 5.41) is 6.72. The maximum Gasteiger partial charge on any atom is 0.437 e. The summed E-state index contributed by atoms with van der Waals surface area (Å²) in [4.78, 5) is 47.7. The number of fused-ring (bicyclic) bond motifs is 1. The molecule has 0 spiro atoms. The molecule has 3 aromatic rings. The van der Waals surface area contributed by atoms with E-state index in [1.165, 1.54) is 0 Å². The highest BCUT2D eigenvalue weighted by Crippen LogP contribution is 2.23. The van der Waals surface area contributed by atoms with Crippen LogP contribution in [0.15, 0.2) is 57.7 Å². The molecule has 0 unspecified atom stereocenters. The molecule has 0 atom stereocenters. The summed E-state index contributed by atoms with van der Waals surface area (Å²) in [6.45, 7) is -0.944. The number of ketones is 1. The molecule has 0 bridgehead atoms. The number of rotatable bonds is 6. The van der Waals surface area contributed by atoms with Crippen LogP contribution in [0.1, 0.15) is 22.3 Å². The van der Waals surface area contributed by atoms with Gasteiger partial charge in [0.2, 0.25) is 11.8 Å². The summed E-state index contributed by atoms with van der Waals surface area (Å²) in [6.07, 6.45) is 0.901. The molecule has 2 aromatic carbocycles. The smallest absolute Gasteiger partial charge is 0.437 e. The SMILES string of the molecule is O=C1CCc2cc(C(=O)COC(=O)Cn3nc(-c4ccccc4)oc3=O)ccc2N1. The number of carbonyl (C=O) groups is 3. The van der Waals surface area contributed by atoms with Crippen molar-refractivity contribution in [1.82, 2.24) is 9.78 Å². The van der Waals surface area contributed by atoms with E-state index in [0.29, 0.717) is 29.7 Å². The van der Waals surface area contributed by atoms with Gasteiger partial charge in [-0.1, -0.05) is 18.2 Å². The van der Waals surface area contributed by atoms with Gasteiger partial charge in [0.15, 0.2) is 12.4 Å². The standard InChI is InChI=1S/C21H17N3O6/c25-17(15-6-8-16-14(10-15)7-9-18(26)22-16)12-29-19(27)11-24-21(28)30-20(23-24)13-4-2-1-3-5-13/h1-6,8,10H,7,9,11-12H2,(H,22,26). The Balaban J connectivity index is 1.36. The first-order valence-electron chi connectivity index (χ1n) is 9.24. The monoisotopic (exact) mass is 407 g/mol. The number of hydrogen-bond donors (Lipinski definition) is 1. The Morgan fingerprint density at radius 3 is 2.70 bits per heavy atom. The predicted octanol–water partition coefficient (Wildman–Crippen LogP) is 1.81. The van der Waals surface area contributed by atoms with Crippen molar-refractivity contribution >= 4 is 23.3 Å². The lowest BCUT2D eigenvalue weighted by molar-refractivity contribution is -0.143. The van der Waals surface area contributed by atoms with Gasteiger partial charge in [0.05, 0.1) is 0 Å². The van der Waals surface area contributed by atoms with Gasteiger partial charge in [0.1, 0.15) is 6.54 Å². The van der Waals surface area contributed by atoms with Crippen molar-refractivity contribution in [2.75, 3.05) is 11.9 Å². The van der Waals surface area contributed by atoms with E-state index in [-0.39, 0.29) is 17.6 Å². The van der Waals surface area contributed by atoms with Crippen molar-refractivity contribution in [3.8, 4) is 11.5 Å². The summed E-state index contributed by atoms with van der Waals surface area (Å²) >= 11 is 0. The van der Waals surface area contributed by atoms with Crippen LogP contribution in [0.4, 0.5) is 5.69 Å². The van der Waals surface area contributed by atoms with Gasteiger partial charge in [-0.2, -0.15) is 4.68 Å². The van der Waals surface area contributed by atoms with Crippen LogP contribution in [-0.4, -0.2) is 34.0 Å². The van der Waals surface area contributed by atoms with Gasteiger partial charge in [-0.15, -0.1) is 5.10 Å². The van der Waals surface area contributed by atoms with Gasteiger partial charge < -0.3 is 14.5 Å². The molecule has 2 heterocycles. The Morgan fingerprint density at radius 2 is 1.90 bits per heavy atom. The Kier molecular flexibility index (Phi) is 5.25. The average molecular weight is 407 g/mol. The Bertz CT molecular complexity index is 1180. The minimum atomic E-state index is -0.797. The number of nitrogens with zero attached hydrogens (tertiary/aromatic N) is 2. The third-order valence-corrected chi connectivity index (χ3v) is 4.59. The van der Waals surface area contributed by atoms with Crippen molar-refractivity contribution in [3.63, 3.8) is 0 Å². The lowest BCUT2D eigenvalue weighted by atomic mass is 9.99. The van der Waals surface area contributed by atoms with Crippen LogP contribution in [0.25, 0.3) is 11.5 Å². The normalized spacial score (nSPS) is 12.7. The number of aryl methyl sites for hydroxylation is 1. The molecular formula is C21H17N3O6. The van der Waals surface area contributed by atoms with Crippen molar-refractivity contribution < 1.29 is 23.5 Å². The Morgan fingerprint density at radius 1 is 1.10 bits per heavy atom. The van der Waals surface area contributed by atoms with Crippen LogP contribution < -0.4 is 11.1 Å². The summed E-state index contributed by atoms with van der Waals surface area (Å²) in [5.74, 6) is -1.95. The number of ether oxygens (including phenoxy) is 1. The number of hydrogen-bond acceptors (Lipinski definition) is 7. The first-order valence-corrected chi connectivity index (χ1v) is 9.24. The number of esters is 1. The van der Waals surface area contributed by atoms with Gasteiger partial charge in [-0.3, -0.25) is 14.4 Å². The zero-order chi connectivity index (χ0) is 21.1. The van der Waals surface area contributed by atoms with E-state index in [1.807, 2.05) is 6.07 Å². The van der Waals surface area contributed by atoms with E-state index in [9.17, 15) is 19.2 Å². The number of anilines is 1. The van der Waals surface area contributed by atoms with E-state index < -0.39 is 24.9 Å². The van der Waals surface area contributed by atoms with E-state index in [2.05, 4.69) is 10.4 Å². The summed E-state index contributed by atoms with van der Waals surface area (Å²) in [5.41, 5.74) is 2.51. The van der Waals surface area contributed by atoms with Crippen LogP contribution in [0.3, 0.4) is 0 Å². The third-order valence-electron chi connectivity index (χ3n) is 4.59. The van der Waals surface area contributed by atoms with Crippen LogP contribution in [-0.2, 0) is 27.3 Å². The number of nitrogens with one attached hydrogen (secondary N) is 1. The molecule has 1 N–H and O–H groups in total. The second-order valence-corrected chi connectivity index (χ2v) is 6.70. The van der Waals surface area contributed by atoms with Gasteiger partial charge in [0.25, 0.3) is 0 Å². The fraction of sp³-hybridized carbons (Fsp3) is 0.190. The van der Waals surface area contributed by atoms with E-state index >= 15 is 0 Å². The minimum absolute atomic E-state index is 0.0611. The molecule has 9 heteroatoms. The number of benzene rings is 2. The second-order valence-electron chi connectivity index (χ2n) is 6.70. The molecule has 152 valence electrons. The first kappa shape index (κ1) is 19.3. The molecule has 1 aliphatic heterocycles. The topological polar surface area (TPSA) is 120 Å². The molecule has 1 amide bonds. The fourth-order valence-corrected chi connectivity index (χ4v) is 3.06. The van der Waals surface area contributed by atoms with Crippen LogP contribution in [0.2, 0.25) is 0 Å².